The molecule has 6 nitrogen and oxygen atoms in total. The summed E-state index contributed by atoms with van der Waals surface area (Å²) >= 11 is 1.57. The van der Waals surface area contributed by atoms with Crippen molar-refractivity contribution in [2.45, 2.75) is 25.7 Å². The monoisotopic (exact) mass is 521 g/mol. The van der Waals surface area contributed by atoms with Crippen LogP contribution in [-0.4, -0.2) is 36.4 Å². The quantitative estimate of drug-likeness (QED) is 0.280. The summed E-state index contributed by atoms with van der Waals surface area (Å²) in [6, 6.07) is 23.6. The van der Waals surface area contributed by atoms with Crippen LogP contribution in [0.3, 0.4) is 0 Å². The summed E-state index contributed by atoms with van der Waals surface area (Å²) in [6.45, 7) is 1.75. The van der Waals surface area contributed by atoms with Crippen LogP contribution in [0.4, 0.5) is 17.2 Å². The molecule has 38 heavy (non-hydrogen) atoms. The number of thiophene rings is 1. The van der Waals surface area contributed by atoms with Crippen LogP contribution in [0, 0.1) is 5.92 Å². The molecule has 0 bridgehead atoms. The maximum atomic E-state index is 13.9. The highest BCUT2D eigenvalue weighted by molar-refractivity contribution is 7.17. The molecule has 190 valence electrons. The number of amides is 1. The maximum absolute atomic E-state index is 13.9. The number of anilines is 3. The Kier molecular flexibility index (Phi) is 5.73. The summed E-state index contributed by atoms with van der Waals surface area (Å²) in [5.74, 6) is 2.24. The molecule has 1 saturated carbocycles. The van der Waals surface area contributed by atoms with Crippen molar-refractivity contribution in [1.29, 1.82) is 0 Å². The fourth-order valence-electron chi connectivity index (χ4n) is 5.37. The molecule has 3 aliphatic rings. The van der Waals surface area contributed by atoms with Crippen molar-refractivity contribution in [3.05, 3.63) is 88.9 Å². The molecule has 0 N–H and O–H groups in total. The molecule has 2 aromatic carbocycles. The first-order chi connectivity index (χ1) is 18.7. The maximum Gasteiger partial charge on any atom is 0.276 e. The van der Waals surface area contributed by atoms with Crippen LogP contribution in [0.2, 0.25) is 0 Å². The van der Waals surface area contributed by atoms with E-state index in [-0.39, 0.29) is 11.7 Å². The first-order valence-electron chi connectivity index (χ1n) is 13.2. The number of rotatable bonds is 5. The first kappa shape index (κ1) is 23.2. The summed E-state index contributed by atoms with van der Waals surface area (Å²) < 4.78 is 5.80. The summed E-state index contributed by atoms with van der Waals surface area (Å²) in [6.07, 6.45) is 3.69. The van der Waals surface area contributed by atoms with Gasteiger partial charge in [-0.15, -0.1) is 11.3 Å². The molecule has 0 atom stereocenters. The first-order valence-corrected chi connectivity index (χ1v) is 14.0. The topological polar surface area (TPSA) is 62.7 Å². The van der Waals surface area contributed by atoms with Gasteiger partial charge in [0.15, 0.2) is 5.78 Å². The van der Waals surface area contributed by atoms with Gasteiger partial charge in [-0.3, -0.25) is 9.59 Å². The van der Waals surface area contributed by atoms with Gasteiger partial charge in [-0.2, -0.15) is 0 Å². The molecular weight excluding hydrogens is 494 g/mol. The largest absolute Gasteiger partial charge is 0.490 e. The number of Topliss-reactive ketones (excluding diaryl/α,β-unsaturated/α-hetero) is 1. The predicted octanol–water partition coefficient (Wildman–Crippen LogP) is 6.53. The summed E-state index contributed by atoms with van der Waals surface area (Å²) in [5, 5.41) is 0. The van der Waals surface area contributed by atoms with Gasteiger partial charge in [0.05, 0.1) is 22.8 Å². The van der Waals surface area contributed by atoms with Crippen LogP contribution in [0.15, 0.2) is 72.8 Å². The number of hydrogen-bond acceptors (Lipinski definition) is 6. The molecule has 7 heteroatoms. The van der Waals surface area contributed by atoms with Crippen LogP contribution in [-0.2, 0) is 6.42 Å². The van der Waals surface area contributed by atoms with E-state index >= 15 is 0 Å². The number of nitrogens with zero attached hydrogens (tertiary/aromatic N) is 3. The lowest BCUT2D eigenvalue weighted by Gasteiger charge is -2.30. The summed E-state index contributed by atoms with van der Waals surface area (Å²) in [7, 11) is 0. The van der Waals surface area contributed by atoms with E-state index in [9.17, 15) is 9.59 Å². The fraction of sp³-hybridized carbons (Fsp3) is 0.258. The van der Waals surface area contributed by atoms with Gasteiger partial charge in [-0.25, -0.2) is 4.98 Å². The van der Waals surface area contributed by atoms with Crippen molar-refractivity contribution >= 4 is 40.2 Å². The molecule has 1 fully saturated rings. The predicted molar refractivity (Wildman–Crippen MR) is 150 cm³/mol. The second-order valence-corrected chi connectivity index (χ2v) is 11.2. The SMILES string of the molecule is O=C(CC1CC1)c1cc2c(s1)-c1ccccc1N(C(=O)c1cccc(N3CCOc4ccccc43)n1)CC2. The second-order valence-electron chi connectivity index (χ2n) is 10.1. The third kappa shape index (κ3) is 4.17. The molecule has 7 rings (SSSR count). The number of benzene rings is 2. The van der Waals surface area contributed by atoms with Gasteiger partial charge >= 0.3 is 0 Å². The van der Waals surface area contributed by atoms with E-state index in [1.807, 2.05) is 59.5 Å². The van der Waals surface area contributed by atoms with E-state index in [0.717, 1.165) is 43.8 Å². The molecular formula is C31H27N3O3S. The summed E-state index contributed by atoms with van der Waals surface area (Å²) in [5.41, 5.74) is 4.37. The molecule has 1 aliphatic carbocycles. The molecule has 2 aromatic heterocycles. The van der Waals surface area contributed by atoms with Gasteiger partial charge in [0.1, 0.15) is 23.9 Å². The minimum Gasteiger partial charge on any atom is -0.490 e. The zero-order valence-corrected chi connectivity index (χ0v) is 21.7. The third-order valence-corrected chi connectivity index (χ3v) is 8.75. The number of para-hydroxylation sites is 3. The Labute approximate surface area is 225 Å². The summed E-state index contributed by atoms with van der Waals surface area (Å²) in [4.78, 5) is 37.5. The van der Waals surface area contributed by atoms with Crippen molar-refractivity contribution in [3.8, 4) is 16.2 Å². The van der Waals surface area contributed by atoms with E-state index in [4.69, 9.17) is 9.72 Å². The smallest absolute Gasteiger partial charge is 0.276 e. The number of ether oxygens (including phenoxy) is 1. The average Bonchev–Trinajstić information content (AvgIpc) is 3.71. The Morgan fingerprint density at radius 3 is 2.63 bits per heavy atom. The molecule has 0 saturated heterocycles. The van der Waals surface area contributed by atoms with E-state index in [0.29, 0.717) is 44.1 Å². The molecule has 0 unspecified atom stereocenters. The van der Waals surface area contributed by atoms with Gasteiger partial charge in [0.25, 0.3) is 5.91 Å². The van der Waals surface area contributed by atoms with Gasteiger partial charge in [0, 0.05) is 23.4 Å². The van der Waals surface area contributed by atoms with Gasteiger partial charge in [-0.1, -0.05) is 36.4 Å². The lowest BCUT2D eigenvalue weighted by molar-refractivity contribution is 0.0972. The van der Waals surface area contributed by atoms with Gasteiger partial charge in [-0.05, 0) is 67.1 Å². The highest BCUT2D eigenvalue weighted by Crippen LogP contribution is 2.43. The van der Waals surface area contributed by atoms with E-state index < -0.39 is 0 Å². The second kappa shape index (κ2) is 9.40. The fourth-order valence-corrected chi connectivity index (χ4v) is 6.56. The minimum absolute atomic E-state index is 0.124. The third-order valence-electron chi connectivity index (χ3n) is 7.50. The number of aromatic nitrogens is 1. The highest BCUT2D eigenvalue weighted by Gasteiger charge is 2.30. The van der Waals surface area contributed by atoms with Crippen LogP contribution in [0.1, 0.15) is 45.0 Å². The highest BCUT2D eigenvalue weighted by atomic mass is 32.1. The number of pyridine rings is 1. The molecule has 4 heterocycles. The van der Waals surface area contributed by atoms with Gasteiger partial charge < -0.3 is 14.5 Å². The number of fused-ring (bicyclic) bond motifs is 4. The van der Waals surface area contributed by atoms with Crippen LogP contribution >= 0.6 is 11.3 Å². The molecule has 0 spiro atoms. The minimum atomic E-state index is -0.124. The van der Waals surface area contributed by atoms with Crippen LogP contribution in [0.25, 0.3) is 10.4 Å². The van der Waals surface area contributed by atoms with E-state index in [1.54, 1.807) is 17.4 Å². The Hall–Kier alpha value is -3.97. The number of carbonyl (C=O) groups excluding carboxylic acids is 2. The van der Waals surface area contributed by atoms with Crippen molar-refractivity contribution < 1.29 is 14.3 Å². The zero-order valence-electron chi connectivity index (χ0n) is 20.9. The van der Waals surface area contributed by atoms with Crippen molar-refractivity contribution in [1.82, 2.24) is 4.98 Å². The number of hydrogen-bond donors (Lipinski definition) is 0. The van der Waals surface area contributed by atoms with Crippen LogP contribution < -0.4 is 14.5 Å². The van der Waals surface area contributed by atoms with Gasteiger partial charge in [0.2, 0.25) is 0 Å². The zero-order chi connectivity index (χ0) is 25.6. The Balaban J connectivity index is 1.21. The number of ketones is 1. The molecule has 1 amide bonds. The molecule has 2 aliphatic heterocycles. The lowest BCUT2D eigenvalue weighted by Crippen LogP contribution is -2.34. The van der Waals surface area contributed by atoms with Crippen molar-refractivity contribution in [3.63, 3.8) is 0 Å². The lowest BCUT2D eigenvalue weighted by atomic mass is 10.1. The van der Waals surface area contributed by atoms with E-state index in [1.165, 1.54) is 12.8 Å². The Morgan fingerprint density at radius 1 is 0.947 bits per heavy atom. The van der Waals surface area contributed by atoms with Crippen molar-refractivity contribution in [2.75, 3.05) is 29.5 Å². The average molecular weight is 522 g/mol. The molecule has 0 radical (unpaired) electrons. The van der Waals surface area contributed by atoms with Crippen LogP contribution in [0.5, 0.6) is 5.75 Å². The van der Waals surface area contributed by atoms with E-state index in [2.05, 4.69) is 17.0 Å². The standard InChI is InChI=1S/C31H27N3O3S/c35-26(18-20-12-13-20)28-19-21-14-15-34(24-8-2-1-6-22(24)30(21)38-28)31(36)23-7-5-11-29(32-23)33-16-17-37-27-10-4-3-9-25(27)33/h1-11,19-20H,12-18H2. The van der Waals surface area contributed by atoms with Crippen molar-refractivity contribution in [2.24, 2.45) is 5.92 Å². The Bertz CT molecular complexity index is 1560. The Morgan fingerprint density at radius 2 is 1.76 bits per heavy atom. The number of carbonyl (C=O) groups is 2. The normalized spacial score (nSPS) is 16.1. The molecule has 4 aromatic rings.